The van der Waals surface area contributed by atoms with Crippen LogP contribution in [0.3, 0.4) is 0 Å². The summed E-state index contributed by atoms with van der Waals surface area (Å²) in [5, 5.41) is 5.66. The molecule has 0 aliphatic rings. The minimum Gasteiger partial charge on any atom is -0.308 e. The summed E-state index contributed by atoms with van der Waals surface area (Å²) >= 11 is 0. The van der Waals surface area contributed by atoms with Gasteiger partial charge >= 0.3 is 6.03 Å². The SMILES string of the molecule is CC(=O)c1ccc(NC(=O)Nc2ccccc2C(C)(C)C)cc1. The summed E-state index contributed by atoms with van der Waals surface area (Å²) in [7, 11) is 0. The molecule has 0 aromatic heterocycles. The zero-order valence-electron chi connectivity index (χ0n) is 13.9. The fourth-order valence-corrected chi connectivity index (χ4v) is 2.32. The number of anilines is 2. The van der Waals surface area contributed by atoms with Crippen LogP contribution in [0.5, 0.6) is 0 Å². The molecule has 2 aromatic carbocycles. The predicted octanol–water partition coefficient (Wildman–Crippen LogP) is 4.83. The first kappa shape index (κ1) is 16.7. The maximum Gasteiger partial charge on any atom is 0.323 e. The van der Waals surface area contributed by atoms with Gasteiger partial charge in [0.25, 0.3) is 0 Å². The van der Waals surface area contributed by atoms with Crippen LogP contribution in [-0.2, 0) is 5.41 Å². The molecule has 0 saturated heterocycles. The van der Waals surface area contributed by atoms with Crippen molar-refractivity contribution in [1.82, 2.24) is 0 Å². The summed E-state index contributed by atoms with van der Waals surface area (Å²) in [5.74, 6) is 0.0000982. The Hall–Kier alpha value is -2.62. The van der Waals surface area contributed by atoms with E-state index >= 15 is 0 Å². The van der Waals surface area contributed by atoms with Crippen molar-refractivity contribution in [3.05, 3.63) is 59.7 Å². The lowest BCUT2D eigenvalue weighted by atomic mass is 9.86. The first-order valence-corrected chi connectivity index (χ1v) is 7.56. The van der Waals surface area contributed by atoms with Gasteiger partial charge in [0, 0.05) is 16.9 Å². The van der Waals surface area contributed by atoms with Crippen molar-refractivity contribution in [3.8, 4) is 0 Å². The number of ketones is 1. The Labute approximate surface area is 136 Å². The van der Waals surface area contributed by atoms with E-state index in [1.807, 2.05) is 24.3 Å². The van der Waals surface area contributed by atoms with Gasteiger partial charge in [-0.1, -0.05) is 39.0 Å². The minimum absolute atomic E-state index is 0.0000982. The number of para-hydroxylation sites is 1. The molecule has 0 bridgehead atoms. The highest BCUT2D eigenvalue weighted by Crippen LogP contribution is 2.29. The van der Waals surface area contributed by atoms with Crippen molar-refractivity contribution >= 4 is 23.2 Å². The lowest BCUT2D eigenvalue weighted by molar-refractivity contribution is 0.101. The van der Waals surface area contributed by atoms with Crippen LogP contribution in [-0.4, -0.2) is 11.8 Å². The van der Waals surface area contributed by atoms with Gasteiger partial charge in [0.1, 0.15) is 0 Å². The Bertz CT molecular complexity index is 713. The van der Waals surface area contributed by atoms with Crippen molar-refractivity contribution in [2.45, 2.75) is 33.1 Å². The molecule has 23 heavy (non-hydrogen) atoms. The molecule has 4 nitrogen and oxygen atoms in total. The maximum absolute atomic E-state index is 12.2. The predicted molar refractivity (Wildman–Crippen MR) is 94.2 cm³/mol. The summed E-state index contributed by atoms with van der Waals surface area (Å²) < 4.78 is 0. The average Bonchev–Trinajstić information content (AvgIpc) is 2.47. The topological polar surface area (TPSA) is 58.2 Å². The second-order valence-corrected chi connectivity index (χ2v) is 6.51. The van der Waals surface area contributed by atoms with E-state index in [4.69, 9.17) is 0 Å². The molecular weight excluding hydrogens is 288 g/mol. The molecule has 0 heterocycles. The van der Waals surface area contributed by atoms with Crippen molar-refractivity contribution in [2.75, 3.05) is 10.6 Å². The molecule has 2 amide bonds. The standard InChI is InChI=1S/C19H22N2O2/c1-13(22)14-9-11-15(12-10-14)20-18(23)21-17-8-6-5-7-16(17)19(2,3)4/h5-12H,1-4H3,(H2,20,21,23). The zero-order chi connectivity index (χ0) is 17.0. The van der Waals surface area contributed by atoms with Gasteiger partial charge in [-0.05, 0) is 48.2 Å². The quantitative estimate of drug-likeness (QED) is 0.798. The Kier molecular flexibility index (Phi) is 4.84. The number of carbonyl (C=O) groups is 2. The van der Waals surface area contributed by atoms with Gasteiger partial charge in [-0.25, -0.2) is 4.79 Å². The number of urea groups is 1. The summed E-state index contributed by atoms with van der Waals surface area (Å²) in [6.45, 7) is 7.82. The molecule has 0 aliphatic heterocycles. The van der Waals surface area contributed by atoms with Crippen LogP contribution in [0, 0.1) is 0 Å². The van der Waals surface area contributed by atoms with Crippen LogP contribution in [0.1, 0.15) is 43.6 Å². The summed E-state index contributed by atoms with van der Waals surface area (Å²) in [4.78, 5) is 23.4. The van der Waals surface area contributed by atoms with Crippen LogP contribution >= 0.6 is 0 Å². The Morgan fingerprint density at radius 2 is 1.48 bits per heavy atom. The molecule has 2 N–H and O–H groups in total. The second-order valence-electron chi connectivity index (χ2n) is 6.51. The highest BCUT2D eigenvalue weighted by Gasteiger charge is 2.18. The number of amides is 2. The van der Waals surface area contributed by atoms with Crippen molar-refractivity contribution < 1.29 is 9.59 Å². The average molecular weight is 310 g/mol. The highest BCUT2D eigenvalue weighted by atomic mass is 16.2. The summed E-state index contributed by atoms with van der Waals surface area (Å²) in [5.41, 5.74) is 3.06. The first-order valence-electron chi connectivity index (χ1n) is 7.56. The molecule has 2 aromatic rings. The van der Waals surface area contributed by atoms with Crippen LogP contribution in [0.2, 0.25) is 0 Å². The lowest BCUT2D eigenvalue weighted by Gasteiger charge is -2.23. The molecule has 0 aliphatic carbocycles. The molecule has 0 radical (unpaired) electrons. The molecule has 0 atom stereocenters. The fourth-order valence-electron chi connectivity index (χ4n) is 2.32. The molecule has 0 spiro atoms. The minimum atomic E-state index is -0.308. The van der Waals surface area contributed by atoms with Crippen molar-refractivity contribution in [1.29, 1.82) is 0 Å². The third-order valence-corrected chi connectivity index (χ3v) is 3.53. The van der Waals surface area contributed by atoms with E-state index < -0.39 is 0 Å². The number of rotatable bonds is 3. The number of hydrogen-bond acceptors (Lipinski definition) is 2. The fraction of sp³-hybridized carbons (Fsp3) is 0.263. The molecule has 0 saturated carbocycles. The Balaban J connectivity index is 2.10. The zero-order valence-corrected chi connectivity index (χ0v) is 13.9. The largest absolute Gasteiger partial charge is 0.323 e. The highest BCUT2D eigenvalue weighted by molar-refractivity contribution is 6.01. The van der Waals surface area contributed by atoms with E-state index in [1.165, 1.54) is 6.92 Å². The Morgan fingerprint density at radius 3 is 2.04 bits per heavy atom. The monoisotopic (exact) mass is 310 g/mol. The van der Waals surface area contributed by atoms with E-state index in [2.05, 4.69) is 31.4 Å². The van der Waals surface area contributed by atoms with E-state index in [9.17, 15) is 9.59 Å². The normalized spacial score (nSPS) is 11.0. The molecule has 0 fully saturated rings. The van der Waals surface area contributed by atoms with Crippen LogP contribution in [0.25, 0.3) is 0 Å². The van der Waals surface area contributed by atoms with Crippen molar-refractivity contribution in [3.63, 3.8) is 0 Å². The van der Waals surface area contributed by atoms with Gasteiger partial charge in [-0.3, -0.25) is 4.79 Å². The third kappa shape index (κ3) is 4.42. The molecule has 0 unspecified atom stereocenters. The van der Waals surface area contributed by atoms with Gasteiger partial charge < -0.3 is 10.6 Å². The van der Waals surface area contributed by atoms with E-state index in [0.717, 1.165) is 11.3 Å². The van der Waals surface area contributed by atoms with Crippen LogP contribution < -0.4 is 10.6 Å². The van der Waals surface area contributed by atoms with Gasteiger partial charge in [0.2, 0.25) is 0 Å². The first-order chi connectivity index (χ1) is 10.8. The molecule has 4 heteroatoms. The molecular formula is C19H22N2O2. The number of hydrogen-bond donors (Lipinski definition) is 2. The van der Waals surface area contributed by atoms with Gasteiger partial charge in [-0.2, -0.15) is 0 Å². The molecule has 2 rings (SSSR count). The van der Waals surface area contributed by atoms with Gasteiger partial charge in [0.05, 0.1) is 0 Å². The lowest BCUT2D eigenvalue weighted by Crippen LogP contribution is -2.22. The third-order valence-electron chi connectivity index (χ3n) is 3.53. The van der Waals surface area contributed by atoms with E-state index in [0.29, 0.717) is 11.3 Å². The number of nitrogens with one attached hydrogen (secondary N) is 2. The van der Waals surface area contributed by atoms with E-state index in [-0.39, 0.29) is 17.2 Å². The number of Topliss-reactive ketones (excluding diaryl/α,β-unsaturated/α-hetero) is 1. The Morgan fingerprint density at radius 1 is 0.870 bits per heavy atom. The van der Waals surface area contributed by atoms with E-state index in [1.54, 1.807) is 24.3 Å². The van der Waals surface area contributed by atoms with Crippen LogP contribution in [0.15, 0.2) is 48.5 Å². The van der Waals surface area contributed by atoms with Crippen molar-refractivity contribution in [2.24, 2.45) is 0 Å². The summed E-state index contributed by atoms with van der Waals surface area (Å²) in [6.07, 6.45) is 0. The molecule has 120 valence electrons. The number of benzene rings is 2. The second kappa shape index (κ2) is 6.65. The summed E-state index contributed by atoms with van der Waals surface area (Å²) in [6, 6.07) is 14.3. The van der Waals surface area contributed by atoms with Gasteiger partial charge in [-0.15, -0.1) is 0 Å². The number of carbonyl (C=O) groups excluding carboxylic acids is 2. The van der Waals surface area contributed by atoms with Gasteiger partial charge in [0.15, 0.2) is 5.78 Å². The maximum atomic E-state index is 12.2. The van der Waals surface area contributed by atoms with Crippen LogP contribution in [0.4, 0.5) is 16.2 Å². The smallest absolute Gasteiger partial charge is 0.308 e.